The van der Waals surface area contributed by atoms with Crippen molar-refractivity contribution in [2.24, 2.45) is 0 Å². The number of carbonyl (C=O) groups is 2. The molecule has 0 atom stereocenters. The summed E-state index contributed by atoms with van der Waals surface area (Å²) in [6.45, 7) is 0. The topological polar surface area (TPSA) is 146 Å². The quantitative estimate of drug-likeness (QED) is 0.144. The fourth-order valence-electron chi connectivity index (χ4n) is 1.91. The van der Waals surface area contributed by atoms with Gasteiger partial charge in [0, 0.05) is 0 Å². The van der Waals surface area contributed by atoms with Gasteiger partial charge in [0.15, 0.2) is 0 Å². The third kappa shape index (κ3) is 5.92. The van der Waals surface area contributed by atoms with Crippen molar-refractivity contribution in [1.82, 2.24) is 0 Å². The van der Waals surface area contributed by atoms with Crippen LogP contribution < -0.4 is 0 Å². The number of alkyl halides is 4. The zero-order valence-corrected chi connectivity index (χ0v) is 14.1. The highest BCUT2D eigenvalue weighted by molar-refractivity contribution is 7.96. The third-order valence-corrected chi connectivity index (χ3v) is 4.46. The van der Waals surface area contributed by atoms with Crippen LogP contribution in [0.15, 0.2) is 0 Å². The molecule has 2 N–H and O–H groups in total. The highest BCUT2D eigenvalue weighted by atomic mass is 32.2. The van der Waals surface area contributed by atoms with Gasteiger partial charge < -0.3 is 9.47 Å². The molecule has 1 saturated carbocycles. The summed E-state index contributed by atoms with van der Waals surface area (Å²) in [4.78, 5) is 22.4. The van der Waals surface area contributed by atoms with Gasteiger partial charge in [0.25, 0.3) is 0 Å². The Morgan fingerprint density at radius 3 is 1.77 bits per heavy atom. The average Bonchev–Trinajstić information content (AvgIpc) is 2.53. The van der Waals surface area contributed by atoms with E-state index in [4.69, 9.17) is 9.81 Å². The first kappa shape index (κ1) is 22.8. The van der Waals surface area contributed by atoms with E-state index in [9.17, 15) is 35.6 Å². The molecule has 0 heterocycles. The average molecular weight is 432 g/mol. The molecular formula is C10H12F4O10S2. The van der Waals surface area contributed by atoms with Crippen LogP contribution in [0.5, 0.6) is 0 Å². The second kappa shape index (κ2) is 8.66. The summed E-state index contributed by atoms with van der Waals surface area (Å²) in [6, 6.07) is 0. The number of halogens is 4. The highest BCUT2D eigenvalue weighted by Gasteiger charge is 2.55. The molecule has 0 bridgehead atoms. The first-order valence-corrected chi connectivity index (χ1v) is 8.80. The molecule has 16 heteroatoms. The van der Waals surface area contributed by atoms with Gasteiger partial charge in [-0.15, -0.1) is 4.33 Å². The summed E-state index contributed by atoms with van der Waals surface area (Å²) in [5.41, 5.74) is 0. The van der Waals surface area contributed by atoms with Crippen molar-refractivity contribution in [1.29, 1.82) is 0 Å². The normalized spacial score (nSPS) is 21.9. The molecule has 0 saturated heterocycles. The third-order valence-electron chi connectivity index (χ3n) is 3.14. The number of hydrogen-bond acceptors (Lipinski definition) is 10. The summed E-state index contributed by atoms with van der Waals surface area (Å²) in [7, 11) is -6.01. The summed E-state index contributed by atoms with van der Waals surface area (Å²) in [5.74, 6) is -4.50. The Morgan fingerprint density at radius 2 is 1.38 bits per heavy atom. The van der Waals surface area contributed by atoms with Crippen LogP contribution in [0, 0.1) is 0 Å². The summed E-state index contributed by atoms with van der Waals surface area (Å²) >= 11 is -0.824. The van der Waals surface area contributed by atoms with Crippen LogP contribution in [0.4, 0.5) is 17.6 Å². The highest BCUT2D eigenvalue weighted by Crippen LogP contribution is 2.34. The predicted molar refractivity (Wildman–Crippen MR) is 72.1 cm³/mol. The monoisotopic (exact) mass is 432 g/mol. The van der Waals surface area contributed by atoms with Gasteiger partial charge >= 0.3 is 32.6 Å². The Kier molecular flexibility index (Phi) is 7.61. The van der Waals surface area contributed by atoms with Gasteiger partial charge in [-0.2, -0.15) is 26.0 Å². The van der Waals surface area contributed by atoms with Crippen molar-refractivity contribution in [3.63, 3.8) is 0 Å². The van der Waals surface area contributed by atoms with Crippen LogP contribution in [-0.4, -0.2) is 52.9 Å². The minimum absolute atomic E-state index is 0.154. The van der Waals surface area contributed by atoms with Crippen LogP contribution >= 0.6 is 12.0 Å². The fraction of sp³-hybridized carbons (Fsp3) is 0.800. The van der Waals surface area contributed by atoms with Crippen molar-refractivity contribution in [3.05, 3.63) is 0 Å². The number of hydrogen-bond donors (Lipinski definition) is 2. The maximum atomic E-state index is 13.2. The van der Waals surface area contributed by atoms with Crippen LogP contribution in [-0.2, 0) is 38.6 Å². The van der Waals surface area contributed by atoms with E-state index in [1.165, 1.54) is 0 Å². The Labute approximate surface area is 147 Å². The second-order valence-electron chi connectivity index (χ2n) is 4.94. The molecule has 0 aromatic heterocycles. The molecule has 26 heavy (non-hydrogen) atoms. The van der Waals surface area contributed by atoms with Gasteiger partial charge in [-0.05, 0) is 25.7 Å². The lowest BCUT2D eigenvalue weighted by Gasteiger charge is -2.29. The standard InChI is InChI=1S/C10H12F4O10S2/c11-9(12,25-24-23-17)7(15)21-5-1-3-6(4-2-5)22-8(16)10(13,14)26(18,19)20/h5-6,17H,1-4H2,(H,18,19,20). The number of rotatable bonds is 8. The van der Waals surface area contributed by atoms with Gasteiger partial charge in [0.05, 0.1) is 0 Å². The maximum Gasteiger partial charge on any atom is 0.465 e. The SMILES string of the molecule is O=C(OC1CCC(OC(=O)C(F)(F)S(=O)(=O)O)CC1)C(F)(F)SOOO. The van der Waals surface area contributed by atoms with E-state index < -0.39 is 56.8 Å². The van der Waals surface area contributed by atoms with Crippen molar-refractivity contribution in [3.8, 4) is 0 Å². The molecule has 1 fully saturated rings. The van der Waals surface area contributed by atoms with Crippen molar-refractivity contribution >= 4 is 34.1 Å². The minimum Gasteiger partial charge on any atom is -0.457 e. The Morgan fingerprint density at radius 1 is 0.962 bits per heavy atom. The number of ether oxygens (including phenoxy) is 2. The maximum absolute atomic E-state index is 13.2. The van der Waals surface area contributed by atoms with E-state index >= 15 is 0 Å². The predicted octanol–water partition coefficient (Wildman–Crippen LogP) is 1.53. The van der Waals surface area contributed by atoms with Gasteiger partial charge in [-0.1, -0.05) is 5.04 Å². The van der Waals surface area contributed by atoms with Crippen molar-refractivity contribution in [2.75, 3.05) is 0 Å². The van der Waals surface area contributed by atoms with E-state index in [1.807, 2.05) is 0 Å². The van der Waals surface area contributed by atoms with E-state index in [0.717, 1.165) is 0 Å². The van der Waals surface area contributed by atoms with E-state index in [-0.39, 0.29) is 25.7 Å². The fourth-order valence-corrected chi connectivity index (χ4v) is 2.40. The lowest BCUT2D eigenvalue weighted by atomic mass is 9.95. The van der Waals surface area contributed by atoms with Crippen LogP contribution in [0.3, 0.4) is 0 Å². The number of carbonyl (C=O) groups excluding carboxylic acids is 2. The van der Waals surface area contributed by atoms with Crippen LogP contribution in [0.1, 0.15) is 25.7 Å². The van der Waals surface area contributed by atoms with E-state index in [1.54, 1.807) is 0 Å². The molecule has 0 unspecified atom stereocenters. The number of esters is 2. The second-order valence-corrected chi connectivity index (χ2v) is 7.22. The molecule has 0 aromatic carbocycles. The first-order valence-electron chi connectivity index (χ1n) is 6.62. The summed E-state index contributed by atoms with van der Waals surface area (Å²) in [6.07, 6.45) is -2.94. The molecular weight excluding hydrogens is 420 g/mol. The van der Waals surface area contributed by atoms with E-state index in [0.29, 0.717) is 0 Å². The smallest absolute Gasteiger partial charge is 0.457 e. The van der Waals surface area contributed by atoms with Gasteiger partial charge in [0.1, 0.15) is 24.3 Å². The van der Waals surface area contributed by atoms with Crippen molar-refractivity contribution < 1.29 is 64.2 Å². The molecule has 152 valence electrons. The van der Waals surface area contributed by atoms with Crippen LogP contribution in [0.25, 0.3) is 0 Å². The van der Waals surface area contributed by atoms with Crippen LogP contribution in [0.2, 0.25) is 0 Å². The zero-order chi connectivity index (χ0) is 20.2. The molecule has 1 aliphatic carbocycles. The lowest BCUT2D eigenvalue weighted by Crippen LogP contribution is -2.42. The van der Waals surface area contributed by atoms with Gasteiger partial charge in [-0.3, -0.25) is 4.55 Å². The molecule has 0 spiro atoms. The molecule has 0 aromatic rings. The first-order chi connectivity index (χ1) is 11.8. The largest absolute Gasteiger partial charge is 0.465 e. The molecule has 1 aliphatic rings. The molecule has 10 nitrogen and oxygen atoms in total. The van der Waals surface area contributed by atoms with E-state index in [2.05, 4.69) is 18.8 Å². The minimum atomic E-state index is -6.01. The Bertz CT molecular complexity index is 617. The molecule has 0 radical (unpaired) electrons. The molecule has 0 amide bonds. The molecule has 0 aliphatic heterocycles. The summed E-state index contributed by atoms with van der Waals surface area (Å²) in [5, 5.41) is 1.34. The Hall–Kier alpha value is -1.20. The molecule has 1 rings (SSSR count). The van der Waals surface area contributed by atoms with Gasteiger partial charge in [0.2, 0.25) is 0 Å². The van der Waals surface area contributed by atoms with Crippen molar-refractivity contribution in [2.45, 2.75) is 48.4 Å². The van der Waals surface area contributed by atoms with Gasteiger partial charge in [-0.25, -0.2) is 14.8 Å². The summed E-state index contributed by atoms with van der Waals surface area (Å²) < 4.78 is 93.8. The lowest BCUT2D eigenvalue weighted by molar-refractivity contribution is -0.433. The Balaban J connectivity index is 2.50. The zero-order valence-electron chi connectivity index (χ0n) is 12.5.